The lowest BCUT2D eigenvalue weighted by Crippen LogP contribution is -2.38. The van der Waals surface area contributed by atoms with Gasteiger partial charge in [-0.3, -0.25) is 5.10 Å². The number of β-amino-alcohol motifs (C(OH)–C–C–N with tert-alkyl or cyclic N) is 1. The van der Waals surface area contributed by atoms with Crippen LogP contribution in [0.15, 0.2) is 35.8 Å². The Labute approximate surface area is 156 Å². The van der Waals surface area contributed by atoms with Gasteiger partial charge in [0.15, 0.2) is 0 Å². The summed E-state index contributed by atoms with van der Waals surface area (Å²) in [5.74, 6) is 1.53. The molecule has 0 radical (unpaired) electrons. The Hall–Kier alpha value is -2.45. The van der Waals surface area contributed by atoms with E-state index in [2.05, 4.69) is 37.2 Å². The summed E-state index contributed by atoms with van der Waals surface area (Å²) in [5, 5.41) is 19.4. The Balaban J connectivity index is 1.46. The van der Waals surface area contributed by atoms with Crippen LogP contribution in [0.25, 0.3) is 10.6 Å². The van der Waals surface area contributed by atoms with Crippen molar-refractivity contribution >= 4 is 23.1 Å². The van der Waals surface area contributed by atoms with Crippen molar-refractivity contribution in [2.45, 2.75) is 25.5 Å². The minimum atomic E-state index is -0.277. The molecule has 1 atom stereocenters. The molecule has 4 heterocycles. The van der Waals surface area contributed by atoms with Crippen molar-refractivity contribution in [1.29, 1.82) is 0 Å². The van der Waals surface area contributed by atoms with Crippen LogP contribution in [0.3, 0.4) is 0 Å². The third kappa shape index (κ3) is 3.71. The number of nitrogens with zero attached hydrogens (tertiary/aromatic N) is 5. The maximum absolute atomic E-state index is 9.89. The average Bonchev–Trinajstić information content (AvgIpc) is 3.33. The van der Waals surface area contributed by atoms with Crippen molar-refractivity contribution in [3.8, 4) is 10.6 Å². The summed E-state index contributed by atoms with van der Waals surface area (Å²) in [6, 6.07) is 8.05. The number of piperidine rings is 1. The molecule has 1 unspecified atom stereocenters. The largest absolute Gasteiger partial charge is 0.391 e. The van der Waals surface area contributed by atoms with Crippen molar-refractivity contribution in [3.63, 3.8) is 0 Å². The summed E-state index contributed by atoms with van der Waals surface area (Å²) < 4.78 is 0. The van der Waals surface area contributed by atoms with Gasteiger partial charge in [0.1, 0.15) is 11.5 Å². The molecule has 3 aromatic heterocycles. The number of aromatic nitrogens is 4. The molecule has 1 aliphatic rings. The summed E-state index contributed by atoms with van der Waals surface area (Å²) in [7, 11) is 1.97. The van der Waals surface area contributed by atoms with Crippen LogP contribution in [0.1, 0.15) is 18.5 Å². The molecule has 136 valence electrons. The Morgan fingerprint density at radius 3 is 3.15 bits per heavy atom. The van der Waals surface area contributed by atoms with Gasteiger partial charge in [0.25, 0.3) is 0 Å². The van der Waals surface area contributed by atoms with Crippen molar-refractivity contribution in [2.75, 3.05) is 29.9 Å². The van der Waals surface area contributed by atoms with Gasteiger partial charge < -0.3 is 14.9 Å². The molecule has 26 heavy (non-hydrogen) atoms. The molecule has 1 aliphatic heterocycles. The molecule has 0 amide bonds. The number of aromatic amines is 1. The number of aliphatic hydroxyl groups is 1. The van der Waals surface area contributed by atoms with Crippen molar-refractivity contribution in [1.82, 2.24) is 20.2 Å². The lowest BCUT2D eigenvalue weighted by molar-refractivity contribution is 0.154. The second-order valence-electron chi connectivity index (χ2n) is 6.57. The summed E-state index contributed by atoms with van der Waals surface area (Å²) in [5.41, 5.74) is 1.97. The topological polar surface area (TPSA) is 81.2 Å². The lowest BCUT2D eigenvalue weighted by Gasteiger charge is -2.31. The lowest BCUT2D eigenvalue weighted by atomic mass is 10.1. The highest BCUT2D eigenvalue weighted by Gasteiger charge is 2.19. The Bertz CT molecular complexity index is 849. The molecule has 1 saturated heterocycles. The van der Waals surface area contributed by atoms with Crippen LogP contribution in [-0.4, -0.2) is 51.5 Å². The maximum atomic E-state index is 9.89. The van der Waals surface area contributed by atoms with E-state index >= 15 is 0 Å². The van der Waals surface area contributed by atoms with Gasteiger partial charge in [-0.1, -0.05) is 6.07 Å². The molecule has 3 aromatic rings. The molecule has 0 aliphatic carbocycles. The van der Waals surface area contributed by atoms with Gasteiger partial charge >= 0.3 is 0 Å². The van der Waals surface area contributed by atoms with E-state index in [1.807, 2.05) is 29.5 Å². The summed E-state index contributed by atoms with van der Waals surface area (Å²) in [6.45, 7) is 2.19. The third-order valence-electron chi connectivity index (χ3n) is 4.50. The van der Waals surface area contributed by atoms with E-state index in [1.54, 1.807) is 17.5 Å². The van der Waals surface area contributed by atoms with E-state index in [1.165, 1.54) is 0 Å². The van der Waals surface area contributed by atoms with E-state index in [4.69, 9.17) is 0 Å². The molecule has 8 heteroatoms. The SMILES string of the molecule is CN(Cc1cc(-c2cccs2)n[nH]1)c1nccc(N2CCCC(O)C2)n1. The standard InChI is InChI=1S/C18H22N6OS/c1-23(11-13-10-15(22-21-13)16-5-3-9-26-16)18-19-7-6-17(20-18)24-8-2-4-14(25)12-24/h3,5-7,9-10,14,25H,2,4,8,11-12H2,1H3,(H,21,22). The first-order chi connectivity index (χ1) is 12.7. The second-order valence-corrected chi connectivity index (χ2v) is 7.52. The number of H-pyrrole nitrogens is 1. The molecular formula is C18H22N6OS. The first kappa shape index (κ1) is 17.0. The molecule has 4 rings (SSSR count). The fourth-order valence-corrected chi connectivity index (χ4v) is 3.87. The third-order valence-corrected chi connectivity index (χ3v) is 5.39. The highest BCUT2D eigenvalue weighted by Crippen LogP contribution is 2.24. The van der Waals surface area contributed by atoms with E-state index < -0.39 is 0 Å². The number of hydrogen-bond donors (Lipinski definition) is 2. The van der Waals surface area contributed by atoms with Gasteiger partial charge in [-0.05, 0) is 36.4 Å². The molecule has 0 spiro atoms. The van der Waals surface area contributed by atoms with Crippen LogP contribution in [0.4, 0.5) is 11.8 Å². The van der Waals surface area contributed by atoms with Crippen LogP contribution >= 0.6 is 11.3 Å². The summed E-state index contributed by atoms with van der Waals surface area (Å²) in [4.78, 5) is 14.3. The first-order valence-corrected chi connectivity index (χ1v) is 9.62. The Kier molecular flexibility index (Phi) is 4.85. The molecule has 0 bridgehead atoms. The summed E-state index contributed by atoms with van der Waals surface area (Å²) in [6.07, 6.45) is 3.34. The Morgan fingerprint density at radius 1 is 1.42 bits per heavy atom. The first-order valence-electron chi connectivity index (χ1n) is 8.74. The van der Waals surface area contributed by atoms with Gasteiger partial charge in [-0.2, -0.15) is 10.1 Å². The minimum absolute atomic E-state index is 0.277. The number of nitrogens with one attached hydrogen (secondary N) is 1. The van der Waals surface area contributed by atoms with Crippen LogP contribution < -0.4 is 9.80 Å². The van der Waals surface area contributed by atoms with Crippen LogP contribution in [0.5, 0.6) is 0 Å². The quantitative estimate of drug-likeness (QED) is 0.718. The number of anilines is 2. The zero-order valence-electron chi connectivity index (χ0n) is 14.7. The number of thiophene rings is 1. The van der Waals surface area contributed by atoms with Gasteiger partial charge in [-0.25, -0.2) is 4.98 Å². The van der Waals surface area contributed by atoms with Crippen LogP contribution in [0.2, 0.25) is 0 Å². The smallest absolute Gasteiger partial charge is 0.227 e. The Morgan fingerprint density at radius 2 is 2.35 bits per heavy atom. The monoisotopic (exact) mass is 370 g/mol. The number of aliphatic hydroxyl groups excluding tert-OH is 1. The number of rotatable bonds is 5. The predicted molar refractivity (Wildman–Crippen MR) is 103 cm³/mol. The van der Waals surface area contributed by atoms with Crippen LogP contribution in [-0.2, 0) is 6.54 Å². The minimum Gasteiger partial charge on any atom is -0.391 e. The number of hydrogen-bond acceptors (Lipinski definition) is 7. The molecule has 2 N–H and O–H groups in total. The highest BCUT2D eigenvalue weighted by atomic mass is 32.1. The molecule has 7 nitrogen and oxygen atoms in total. The zero-order valence-corrected chi connectivity index (χ0v) is 15.5. The fraction of sp³-hybridized carbons (Fsp3) is 0.389. The highest BCUT2D eigenvalue weighted by molar-refractivity contribution is 7.13. The molecule has 0 saturated carbocycles. The van der Waals surface area contributed by atoms with E-state index in [0.29, 0.717) is 19.0 Å². The van der Waals surface area contributed by atoms with Gasteiger partial charge in [0, 0.05) is 26.3 Å². The molecular weight excluding hydrogens is 348 g/mol. The summed E-state index contributed by atoms with van der Waals surface area (Å²) >= 11 is 1.68. The van der Waals surface area contributed by atoms with Gasteiger partial charge in [0.05, 0.1) is 23.2 Å². The normalized spacial score (nSPS) is 17.5. The van der Waals surface area contributed by atoms with Crippen LogP contribution in [0, 0.1) is 0 Å². The van der Waals surface area contributed by atoms with Crippen molar-refractivity contribution in [3.05, 3.63) is 41.5 Å². The second kappa shape index (κ2) is 7.43. The van der Waals surface area contributed by atoms with E-state index in [9.17, 15) is 5.11 Å². The molecule has 1 fully saturated rings. The molecule has 0 aromatic carbocycles. The predicted octanol–water partition coefficient (Wildman–Crippen LogP) is 2.53. The fourth-order valence-electron chi connectivity index (χ4n) is 3.18. The maximum Gasteiger partial charge on any atom is 0.227 e. The van der Waals surface area contributed by atoms with Gasteiger partial charge in [0.2, 0.25) is 5.95 Å². The van der Waals surface area contributed by atoms with Gasteiger partial charge in [-0.15, -0.1) is 11.3 Å². The van der Waals surface area contributed by atoms with E-state index in [0.717, 1.165) is 41.5 Å². The van der Waals surface area contributed by atoms with Crippen molar-refractivity contribution < 1.29 is 5.11 Å². The average molecular weight is 370 g/mol. The zero-order chi connectivity index (χ0) is 17.9. The van der Waals surface area contributed by atoms with E-state index in [-0.39, 0.29) is 6.10 Å². The van der Waals surface area contributed by atoms with Crippen molar-refractivity contribution in [2.24, 2.45) is 0 Å².